The first-order chi connectivity index (χ1) is 5.29. The van der Waals surface area contributed by atoms with E-state index in [2.05, 4.69) is 22.5 Å². The zero-order chi connectivity index (χ0) is 8.27. The van der Waals surface area contributed by atoms with Crippen molar-refractivity contribution in [2.24, 2.45) is 0 Å². The van der Waals surface area contributed by atoms with Crippen molar-refractivity contribution in [2.75, 3.05) is 0 Å². The van der Waals surface area contributed by atoms with Gasteiger partial charge in [0.1, 0.15) is 6.61 Å². The lowest BCUT2D eigenvalue weighted by Crippen LogP contribution is -1.84. The first kappa shape index (κ1) is 8.50. The van der Waals surface area contributed by atoms with Crippen molar-refractivity contribution in [3.63, 3.8) is 0 Å². The highest BCUT2D eigenvalue weighted by molar-refractivity contribution is 9.10. The van der Waals surface area contributed by atoms with Gasteiger partial charge in [0, 0.05) is 4.47 Å². The standard InChI is InChI=1S/C9H8BrO/c1-2-7-4-3-5-8(6-11)9(7)10/h2-6,11H,1H2. The predicted molar refractivity (Wildman–Crippen MR) is 49.6 cm³/mol. The Hall–Kier alpha value is -0.600. The van der Waals surface area contributed by atoms with Gasteiger partial charge in [0.25, 0.3) is 0 Å². The van der Waals surface area contributed by atoms with Crippen LogP contribution in [0.2, 0.25) is 0 Å². The third kappa shape index (κ3) is 1.70. The minimum atomic E-state index is 0.766. The average Bonchev–Trinajstić information content (AvgIpc) is 2.05. The molecule has 0 atom stereocenters. The molecule has 1 aromatic rings. The lowest BCUT2D eigenvalue weighted by atomic mass is 10.1. The van der Waals surface area contributed by atoms with E-state index in [9.17, 15) is 0 Å². The van der Waals surface area contributed by atoms with Gasteiger partial charge in [0.15, 0.2) is 0 Å². The minimum Gasteiger partial charge on any atom is -0.385 e. The number of rotatable bonds is 2. The summed E-state index contributed by atoms with van der Waals surface area (Å²) in [5, 5.41) is 8.75. The molecule has 1 rings (SSSR count). The topological polar surface area (TPSA) is 20.2 Å². The number of aliphatic hydroxyl groups excluding tert-OH is 1. The summed E-state index contributed by atoms with van der Waals surface area (Å²) in [6, 6.07) is 5.60. The largest absolute Gasteiger partial charge is 0.385 e. The molecule has 0 bridgehead atoms. The highest BCUT2D eigenvalue weighted by Gasteiger charge is 2.00. The monoisotopic (exact) mass is 211 g/mol. The van der Waals surface area contributed by atoms with Crippen LogP contribution in [0, 0.1) is 6.61 Å². The van der Waals surface area contributed by atoms with E-state index in [1.54, 1.807) is 6.08 Å². The molecule has 0 spiro atoms. The van der Waals surface area contributed by atoms with Crippen molar-refractivity contribution in [1.29, 1.82) is 0 Å². The van der Waals surface area contributed by atoms with Gasteiger partial charge in [0.2, 0.25) is 0 Å². The van der Waals surface area contributed by atoms with Crippen LogP contribution in [-0.4, -0.2) is 5.11 Å². The Labute approximate surface area is 74.5 Å². The number of hydrogen-bond donors (Lipinski definition) is 1. The average molecular weight is 212 g/mol. The minimum absolute atomic E-state index is 0.766. The molecule has 0 aliphatic heterocycles. The number of hydrogen-bond acceptors (Lipinski definition) is 1. The SMILES string of the molecule is C=Cc1cccc([CH]O)c1Br. The van der Waals surface area contributed by atoms with Gasteiger partial charge in [-0.25, -0.2) is 0 Å². The van der Waals surface area contributed by atoms with Gasteiger partial charge in [0.05, 0.1) is 0 Å². The highest BCUT2D eigenvalue weighted by Crippen LogP contribution is 2.22. The maximum Gasteiger partial charge on any atom is 0.110 e. The van der Waals surface area contributed by atoms with Crippen LogP contribution in [0.25, 0.3) is 6.08 Å². The third-order valence-electron chi connectivity index (χ3n) is 1.42. The second kappa shape index (κ2) is 3.69. The summed E-state index contributed by atoms with van der Waals surface area (Å²) in [4.78, 5) is 0. The quantitative estimate of drug-likeness (QED) is 0.798. The van der Waals surface area contributed by atoms with Crippen molar-refractivity contribution < 1.29 is 5.11 Å². The summed E-state index contributed by atoms with van der Waals surface area (Å²) in [7, 11) is 0. The van der Waals surface area contributed by atoms with Crippen molar-refractivity contribution in [3.8, 4) is 0 Å². The normalized spacial score (nSPS) is 9.64. The van der Waals surface area contributed by atoms with Crippen LogP contribution in [0.4, 0.5) is 0 Å². The molecule has 11 heavy (non-hydrogen) atoms. The van der Waals surface area contributed by atoms with Crippen molar-refractivity contribution in [2.45, 2.75) is 0 Å². The molecule has 0 saturated carbocycles. The molecule has 1 aromatic carbocycles. The first-order valence-electron chi connectivity index (χ1n) is 3.18. The van der Waals surface area contributed by atoms with E-state index in [0.29, 0.717) is 0 Å². The number of aliphatic hydroxyl groups is 1. The van der Waals surface area contributed by atoms with Gasteiger partial charge in [-0.2, -0.15) is 0 Å². The van der Waals surface area contributed by atoms with Crippen LogP contribution in [0.1, 0.15) is 11.1 Å². The van der Waals surface area contributed by atoms with Crippen LogP contribution in [0.3, 0.4) is 0 Å². The van der Waals surface area contributed by atoms with Crippen LogP contribution in [-0.2, 0) is 0 Å². The Kier molecular flexibility index (Phi) is 2.85. The Morgan fingerprint density at radius 3 is 2.55 bits per heavy atom. The highest BCUT2D eigenvalue weighted by atomic mass is 79.9. The molecular formula is C9H8BrO. The molecule has 2 heteroatoms. The fourth-order valence-electron chi connectivity index (χ4n) is 0.826. The first-order valence-corrected chi connectivity index (χ1v) is 3.97. The van der Waals surface area contributed by atoms with Crippen molar-refractivity contribution >= 4 is 22.0 Å². The molecule has 57 valence electrons. The van der Waals surface area contributed by atoms with Crippen LogP contribution < -0.4 is 0 Å². The third-order valence-corrected chi connectivity index (χ3v) is 2.33. The van der Waals surface area contributed by atoms with E-state index in [1.807, 2.05) is 18.2 Å². The fraction of sp³-hybridized carbons (Fsp3) is 0. The lowest BCUT2D eigenvalue weighted by molar-refractivity contribution is 0.414. The van der Waals surface area contributed by atoms with Gasteiger partial charge < -0.3 is 5.11 Å². The van der Waals surface area contributed by atoms with Gasteiger partial charge in [-0.1, -0.05) is 30.9 Å². The fourth-order valence-corrected chi connectivity index (χ4v) is 1.35. The van der Waals surface area contributed by atoms with Crippen molar-refractivity contribution in [1.82, 2.24) is 0 Å². The molecule has 0 aliphatic rings. The summed E-state index contributed by atoms with van der Waals surface area (Å²) in [5.74, 6) is 0. The van der Waals surface area contributed by atoms with Gasteiger partial charge in [-0.3, -0.25) is 0 Å². The zero-order valence-corrected chi connectivity index (χ0v) is 7.51. The molecule has 1 N–H and O–H groups in total. The Balaban J connectivity index is 3.20. The van der Waals surface area contributed by atoms with E-state index in [4.69, 9.17) is 5.11 Å². The summed E-state index contributed by atoms with van der Waals surface area (Å²) < 4.78 is 0.873. The van der Waals surface area contributed by atoms with Crippen LogP contribution in [0.5, 0.6) is 0 Å². The molecule has 0 heterocycles. The van der Waals surface area contributed by atoms with Crippen LogP contribution in [0.15, 0.2) is 29.3 Å². The van der Waals surface area contributed by atoms with E-state index in [1.165, 1.54) is 0 Å². The summed E-state index contributed by atoms with van der Waals surface area (Å²) in [6.45, 7) is 4.71. The van der Waals surface area contributed by atoms with E-state index in [0.717, 1.165) is 22.2 Å². The molecule has 1 radical (unpaired) electrons. The second-order valence-electron chi connectivity index (χ2n) is 2.08. The molecule has 0 fully saturated rings. The van der Waals surface area contributed by atoms with E-state index < -0.39 is 0 Å². The van der Waals surface area contributed by atoms with Gasteiger partial charge >= 0.3 is 0 Å². The maximum atomic E-state index is 8.75. The molecule has 0 aromatic heterocycles. The van der Waals surface area contributed by atoms with Crippen molar-refractivity contribution in [3.05, 3.63) is 47.0 Å². The van der Waals surface area contributed by atoms with E-state index in [-0.39, 0.29) is 0 Å². The van der Waals surface area contributed by atoms with Gasteiger partial charge in [-0.05, 0) is 27.1 Å². The molecule has 0 amide bonds. The predicted octanol–water partition coefficient (Wildman–Crippen LogP) is 2.97. The lowest BCUT2D eigenvalue weighted by Gasteiger charge is -2.02. The summed E-state index contributed by atoms with van der Waals surface area (Å²) in [6.07, 6.45) is 1.73. The van der Waals surface area contributed by atoms with Crippen LogP contribution >= 0.6 is 15.9 Å². The zero-order valence-electron chi connectivity index (χ0n) is 5.92. The molecular weight excluding hydrogens is 204 g/mol. The molecule has 0 saturated heterocycles. The second-order valence-corrected chi connectivity index (χ2v) is 2.88. The molecule has 0 unspecified atom stereocenters. The van der Waals surface area contributed by atoms with E-state index >= 15 is 0 Å². The number of benzene rings is 1. The Bertz CT molecular complexity index is 268. The number of halogens is 1. The Morgan fingerprint density at radius 1 is 1.36 bits per heavy atom. The summed E-state index contributed by atoms with van der Waals surface area (Å²) >= 11 is 3.34. The maximum absolute atomic E-state index is 8.75. The smallest absolute Gasteiger partial charge is 0.110 e. The molecule has 0 aliphatic carbocycles. The summed E-state index contributed by atoms with van der Waals surface area (Å²) in [5.41, 5.74) is 1.75. The Morgan fingerprint density at radius 2 is 2.00 bits per heavy atom. The van der Waals surface area contributed by atoms with Gasteiger partial charge in [-0.15, -0.1) is 0 Å². The molecule has 1 nitrogen and oxygen atoms in total.